The summed E-state index contributed by atoms with van der Waals surface area (Å²) in [5.74, 6) is -4.14. The molecular weight excluding hydrogens is 195 g/mol. The van der Waals surface area contributed by atoms with Gasteiger partial charge in [-0.25, -0.2) is 8.78 Å². The van der Waals surface area contributed by atoms with Crippen molar-refractivity contribution < 1.29 is 27.1 Å². The lowest BCUT2D eigenvalue weighted by Crippen LogP contribution is -2.59. The molecule has 0 aliphatic heterocycles. The van der Waals surface area contributed by atoms with Gasteiger partial charge in [0.2, 0.25) is 5.60 Å². The van der Waals surface area contributed by atoms with Crippen molar-refractivity contribution in [2.24, 2.45) is 0 Å². The lowest BCUT2D eigenvalue weighted by molar-refractivity contribution is -0.331. The van der Waals surface area contributed by atoms with Crippen LogP contribution in [0.2, 0.25) is 0 Å². The van der Waals surface area contributed by atoms with E-state index in [0.29, 0.717) is 0 Å². The summed E-state index contributed by atoms with van der Waals surface area (Å²) in [6, 6.07) is 0. The van der Waals surface area contributed by atoms with E-state index in [-0.39, 0.29) is 0 Å². The molecule has 1 N–H and O–H groups in total. The molecule has 0 saturated carbocycles. The maximum absolute atomic E-state index is 12.7. The van der Waals surface area contributed by atoms with Crippen LogP contribution in [0.15, 0.2) is 12.2 Å². The van der Waals surface area contributed by atoms with Gasteiger partial charge in [-0.1, -0.05) is 12.2 Å². The van der Waals surface area contributed by atoms with Gasteiger partial charge in [-0.05, 0) is 0 Å². The number of halogens is 5. The van der Waals surface area contributed by atoms with Crippen LogP contribution >= 0.6 is 0 Å². The first-order valence-corrected chi connectivity index (χ1v) is 3.53. The Balaban J connectivity index is 3.07. The molecule has 1 rings (SSSR count). The molecule has 0 fully saturated rings. The minimum Gasteiger partial charge on any atom is -0.376 e. The minimum atomic E-state index is -5.30. The normalized spacial score (nSPS) is 33.4. The Labute approximate surface area is 70.9 Å². The van der Waals surface area contributed by atoms with E-state index in [4.69, 9.17) is 5.11 Å². The standard InChI is InChI=1S/C7H7F5O/c8-6(9)4-2-1-3-5(6,13)7(10,11)12/h1-2,13H,3-4H2. The molecule has 0 aromatic heterocycles. The Bertz CT molecular complexity index is 232. The zero-order valence-corrected chi connectivity index (χ0v) is 6.41. The van der Waals surface area contributed by atoms with Crippen LogP contribution < -0.4 is 0 Å². The van der Waals surface area contributed by atoms with Crippen LogP contribution in [0, 0.1) is 0 Å². The van der Waals surface area contributed by atoms with Crippen molar-refractivity contribution in [1.29, 1.82) is 0 Å². The zero-order chi connectivity index (χ0) is 10.3. The highest BCUT2D eigenvalue weighted by molar-refractivity contribution is 5.11. The Hall–Kier alpha value is -0.650. The van der Waals surface area contributed by atoms with E-state index >= 15 is 0 Å². The van der Waals surface area contributed by atoms with E-state index in [1.165, 1.54) is 0 Å². The van der Waals surface area contributed by atoms with Crippen molar-refractivity contribution in [3.05, 3.63) is 12.2 Å². The molecule has 6 heteroatoms. The quantitative estimate of drug-likeness (QED) is 0.472. The van der Waals surface area contributed by atoms with Crippen LogP contribution in [-0.2, 0) is 0 Å². The predicted octanol–water partition coefficient (Wildman–Crippen LogP) is 2.27. The summed E-state index contributed by atoms with van der Waals surface area (Å²) in [6.07, 6.45) is -5.64. The van der Waals surface area contributed by atoms with Crippen molar-refractivity contribution in [3.63, 3.8) is 0 Å². The average Bonchev–Trinajstić information content (AvgIpc) is 1.93. The summed E-state index contributed by atoms with van der Waals surface area (Å²) < 4.78 is 61.6. The predicted molar refractivity (Wildman–Crippen MR) is 34.3 cm³/mol. The molecule has 0 saturated heterocycles. The molecule has 0 heterocycles. The van der Waals surface area contributed by atoms with Gasteiger partial charge in [-0.2, -0.15) is 13.2 Å². The van der Waals surface area contributed by atoms with Crippen LogP contribution in [0.1, 0.15) is 12.8 Å². The molecule has 1 aliphatic carbocycles. The first kappa shape index (κ1) is 10.4. The lowest BCUT2D eigenvalue weighted by atomic mass is 9.85. The number of alkyl halides is 5. The summed E-state index contributed by atoms with van der Waals surface area (Å²) >= 11 is 0. The lowest BCUT2D eigenvalue weighted by Gasteiger charge is -2.38. The molecule has 0 aromatic rings. The molecule has 76 valence electrons. The molecule has 0 aromatic carbocycles. The van der Waals surface area contributed by atoms with Gasteiger partial charge in [0, 0.05) is 12.8 Å². The van der Waals surface area contributed by atoms with Crippen LogP contribution in [0.3, 0.4) is 0 Å². The van der Waals surface area contributed by atoms with Gasteiger partial charge < -0.3 is 5.11 Å². The highest BCUT2D eigenvalue weighted by Crippen LogP contribution is 2.48. The van der Waals surface area contributed by atoms with E-state index < -0.39 is 30.5 Å². The molecular formula is C7H7F5O. The van der Waals surface area contributed by atoms with Crippen LogP contribution in [-0.4, -0.2) is 22.8 Å². The molecule has 1 nitrogen and oxygen atoms in total. The van der Waals surface area contributed by atoms with Crippen LogP contribution in [0.5, 0.6) is 0 Å². The van der Waals surface area contributed by atoms with E-state index in [0.717, 1.165) is 12.2 Å². The fourth-order valence-electron chi connectivity index (χ4n) is 1.13. The SMILES string of the molecule is OC1(C(F)(F)F)CC=CCC1(F)F. The Morgan fingerprint density at radius 2 is 1.54 bits per heavy atom. The fourth-order valence-corrected chi connectivity index (χ4v) is 1.13. The zero-order valence-electron chi connectivity index (χ0n) is 6.41. The molecule has 0 spiro atoms. The van der Waals surface area contributed by atoms with Crippen LogP contribution in [0.4, 0.5) is 22.0 Å². The first-order chi connectivity index (χ1) is 5.71. The summed E-state index contributed by atoms with van der Waals surface area (Å²) in [5.41, 5.74) is -3.91. The number of allylic oxidation sites excluding steroid dienone is 1. The molecule has 0 bridgehead atoms. The second-order valence-corrected chi connectivity index (χ2v) is 2.94. The highest BCUT2D eigenvalue weighted by Gasteiger charge is 2.68. The highest BCUT2D eigenvalue weighted by atomic mass is 19.4. The Morgan fingerprint density at radius 1 is 1.08 bits per heavy atom. The minimum absolute atomic E-state index is 0.908. The van der Waals surface area contributed by atoms with Gasteiger partial charge in [0.05, 0.1) is 0 Å². The monoisotopic (exact) mass is 202 g/mol. The first-order valence-electron chi connectivity index (χ1n) is 3.53. The van der Waals surface area contributed by atoms with Crippen molar-refractivity contribution >= 4 is 0 Å². The van der Waals surface area contributed by atoms with Gasteiger partial charge >= 0.3 is 6.18 Å². The third-order valence-corrected chi connectivity index (χ3v) is 2.03. The smallest absolute Gasteiger partial charge is 0.376 e. The van der Waals surface area contributed by atoms with Gasteiger partial charge in [-0.15, -0.1) is 0 Å². The summed E-state index contributed by atoms with van der Waals surface area (Å²) in [4.78, 5) is 0. The van der Waals surface area contributed by atoms with Gasteiger partial charge in [0.15, 0.2) is 0 Å². The molecule has 1 unspecified atom stereocenters. The third kappa shape index (κ3) is 1.43. The number of hydrogen-bond acceptors (Lipinski definition) is 1. The molecule has 1 aliphatic rings. The van der Waals surface area contributed by atoms with Gasteiger partial charge in [0.25, 0.3) is 5.92 Å². The largest absolute Gasteiger partial charge is 0.423 e. The van der Waals surface area contributed by atoms with E-state index in [2.05, 4.69) is 0 Å². The van der Waals surface area contributed by atoms with Crippen molar-refractivity contribution in [3.8, 4) is 0 Å². The third-order valence-electron chi connectivity index (χ3n) is 2.03. The summed E-state index contributed by atoms with van der Waals surface area (Å²) in [5, 5.41) is 8.81. The van der Waals surface area contributed by atoms with Crippen molar-refractivity contribution in [2.75, 3.05) is 0 Å². The van der Waals surface area contributed by atoms with E-state index in [1.807, 2.05) is 0 Å². The average molecular weight is 202 g/mol. The molecule has 13 heavy (non-hydrogen) atoms. The molecule has 1 atom stereocenters. The maximum atomic E-state index is 12.7. The summed E-state index contributed by atoms with van der Waals surface area (Å²) in [6.45, 7) is 0. The fraction of sp³-hybridized carbons (Fsp3) is 0.714. The van der Waals surface area contributed by atoms with Gasteiger partial charge in [-0.3, -0.25) is 0 Å². The summed E-state index contributed by atoms with van der Waals surface area (Å²) in [7, 11) is 0. The topological polar surface area (TPSA) is 20.2 Å². The Morgan fingerprint density at radius 3 is 1.85 bits per heavy atom. The molecule has 0 amide bonds. The second-order valence-electron chi connectivity index (χ2n) is 2.94. The van der Waals surface area contributed by atoms with Crippen molar-refractivity contribution in [1.82, 2.24) is 0 Å². The van der Waals surface area contributed by atoms with Crippen molar-refractivity contribution in [2.45, 2.75) is 30.5 Å². The van der Waals surface area contributed by atoms with E-state index in [9.17, 15) is 22.0 Å². The van der Waals surface area contributed by atoms with E-state index in [1.54, 1.807) is 0 Å². The Kier molecular flexibility index (Phi) is 2.14. The van der Waals surface area contributed by atoms with Gasteiger partial charge in [0.1, 0.15) is 0 Å². The van der Waals surface area contributed by atoms with Crippen LogP contribution in [0.25, 0.3) is 0 Å². The maximum Gasteiger partial charge on any atom is 0.423 e. The second kappa shape index (κ2) is 2.67. The number of rotatable bonds is 0. The number of aliphatic hydroxyl groups is 1. The number of hydrogen-bond donors (Lipinski definition) is 1. The molecule has 0 radical (unpaired) electrons.